The molecule has 2 fully saturated rings. The van der Waals surface area contributed by atoms with Gasteiger partial charge in [-0.1, -0.05) is 11.6 Å². The maximum Gasteiger partial charge on any atom is 0.245 e. The van der Waals surface area contributed by atoms with Gasteiger partial charge in [-0.05, 0) is 32.2 Å². The highest BCUT2D eigenvalue weighted by Gasteiger charge is 2.38. The lowest BCUT2D eigenvalue weighted by molar-refractivity contribution is -0.118. The Balaban J connectivity index is 1.76. The molecule has 0 unspecified atom stereocenters. The first-order chi connectivity index (χ1) is 11.0. The van der Waals surface area contributed by atoms with Gasteiger partial charge in [-0.15, -0.1) is 0 Å². The van der Waals surface area contributed by atoms with Gasteiger partial charge in [0.2, 0.25) is 21.8 Å². The van der Waals surface area contributed by atoms with Gasteiger partial charge in [0.15, 0.2) is 5.82 Å². The minimum absolute atomic E-state index is 0.00415. The lowest BCUT2D eigenvalue weighted by Gasteiger charge is -2.20. The van der Waals surface area contributed by atoms with E-state index in [9.17, 15) is 13.2 Å². The van der Waals surface area contributed by atoms with E-state index >= 15 is 0 Å². The predicted octanol–water partition coefficient (Wildman–Crippen LogP) is -0.118. The van der Waals surface area contributed by atoms with Gasteiger partial charge in [-0.3, -0.25) is 4.79 Å². The summed E-state index contributed by atoms with van der Waals surface area (Å²) in [7, 11) is -3.50. The second kappa shape index (κ2) is 6.54. The highest BCUT2D eigenvalue weighted by Crippen LogP contribution is 2.30. The van der Waals surface area contributed by atoms with Crippen molar-refractivity contribution in [3.63, 3.8) is 0 Å². The van der Waals surface area contributed by atoms with Gasteiger partial charge in [0.05, 0.1) is 17.7 Å². The molecule has 2 atom stereocenters. The Kier molecular flexibility index (Phi) is 4.64. The minimum Gasteiger partial charge on any atom is -0.370 e. The first-order valence-corrected chi connectivity index (χ1v) is 9.36. The number of hydrogen-bond donors (Lipinski definition) is 3. The molecule has 1 aliphatic heterocycles. The van der Waals surface area contributed by atoms with E-state index in [0.29, 0.717) is 18.7 Å². The summed E-state index contributed by atoms with van der Waals surface area (Å²) in [6.45, 7) is 0.883. The molecular formula is C13H21N5O4S. The standard InChI is InChI=1S/C13H21N5O4S/c14-11(19)7-10(18-23(20,21)8-4-5-8)13-16-12(17-22-13)9-3-1-2-6-15-9/h8-10,15,18H,1-7H2,(H2,14,19)/t9-,10+/m1/s1. The summed E-state index contributed by atoms with van der Waals surface area (Å²) in [6, 6.07) is -0.918. The number of nitrogens with one attached hydrogen (secondary N) is 2. The molecule has 2 aliphatic rings. The average molecular weight is 343 g/mol. The first-order valence-electron chi connectivity index (χ1n) is 7.82. The van der Waals surface area contributed by atoms with E-state index in [1.807, 2.05) is 0 Å². The van der Waals surface area contributed by atoms with Crippen molar-refractivity contribution in [1.29, 1.82) is 0 Å². The smallest absolute Gasteiger partial charge is 0.245 e. The van der Waals surface area contributed by atoms with Crippen molar-refractivity contribution in [3.05, 3.63) is 11.7 Å². The molecule has 9 nitrogen and oxygen atoms in total. The summed E-state index contributed by atoms with van der Waals surface area (Å²) in [4.78, 5) is 15.5. The topological polar surface area (TPSA) is 140 Å². The second-order valence-corrected chi connectivity index (χ2v) is 8.07. The van der Waals surface area contributed by atoms with Crippen molar-refractivity contribution in [3.8, 4) is 0 Å². The van der Waals surface area contributed by atoms with Gasteiger partial charge in [0.1, 0.15) is 6.04 Å². The summed E-state index contributed by atoms with van der Waals surface area (Å²) in [5.74, 6) is -0.0702. The number of primary amides is 1. The normalized spacial score (nSPS) is 23.6. The summed E-state index contributed by atoms with van der Waals surface area (Å²) >= 11 is 0. The van der Waals surface area contributed by atoms with Crippen molar-refractivity contribution in [2.45, 2.75) is 55.9 Å². The van der Waals surface area contributed by atoms with Crippen LogP contribution in [0.4, 0.5) is 0 Å². The van der Waals surface area contributed by atoms with Crippen LogP contribution >= 0.6 is 0 Å². The molecule has 0 radical (unpaired) electrons. The van der Waals surface area contributed by atoms with E-state index in [1.165, 1.54) is 0 Å². The zero-order chi connectivity index (χ0) is 16.4. The summed E-state index contributed by atoms with van der Waals surface area (Å²) in [5.41, 5.74) is 5.21. The zero-order valence-corrected chi connectivity index (χ0v) is 13.5. The number of hydrogen-bond acceptors (Lipinski definition) is 7. The van der Waals surface area contributed by atoms with Crippen LogP contribution in [0.3, 0.4) is 0 Å². The third-order valence-corrected chi connectivity index (χ3v) is 6.01. The molecule has 1 saturated carbocycles. The van der Waals surface area contributed by atoms with Crippen molar-refractivity contribution in [2.75, 3.05) is 6.54 Å². The minimum atomic E-state index is -3.50. The number of amides is 1. The molecular weight excluding hydrogens is 322 g/mol. The summed E-state index contributed by atoms with van der Waals surface area (Å²) in [5, 5.41) is 6.81. The molecule has 1 aromatic rings. The van der Waals surface area contributed by atoms with Crippen molar-refractivity contribution in [1.82, 2.24) is 20.2 Å². The third kappa shape index (κ3) is 4.06. The van der Waals surface area contributed by atoms with E-state index in [1.54, 1.807) is 0 Å². The van der Waals surface area contributed by atoms with Crippen LogP contribution in [0.15, 0.2) is 4.52 Å². The fourth-order valence-corrected chi connectivity index (χ4v) is 4.19. The lowest BCUT2D eigenvalue weighted by Crippen LogP contribution is -2.34. The van der Waals surface area contributed by atoms with Crippen molar-refractivity contribution < 1.29 is 17.7 Å². The molecule has 23 heavy (non-hydrogen) atoms. The van der Waals surface area contributed by atoms with Gasteiger partial charge in [0, 0.05) is 0 Å². The fourth-order valence-electron chi connectivity index (χ4n) is 2.66. The van der Waals surface area contributed by atoms with E-state index in [-0.39, 0.29) is 18.4 Å². The molecule has 128 valence electrons. The molecule has 1 aliphatic carbocycles. The Morgan fingerprint density at radius 1 is 1.39 bits per heavy atom. The van der Waals surface area contributed by atoms with Crippen LogP contribution < -0.4 is 15.8 Å². The van der Waals surface area contributed by atoms with Crippen molar-refractivity contribution in [2.24, 2.45) is 5.73 Å². The van der Waals surface area contributed by atoms with E-state index in [0.717, 1.165) is 25.8 Å². The monoisotopic (exact) mass is 343 g/mol. The van der Waals surface area contributed by atoms with Crippen LogP contribution in [0.25, 0.3) is 0 Å². The Labute approximate surface area is 134 Å². The summed E-state index contributed by atoms with van der Waals surface area (Å²) in [6.07, 6.45) is 4.10. The Bertz CT molecular complexity index is 664. The summed E-state index contributed by atoms with van der Waals surface area (Å²) < 4.78 is 31.9. The molecule has 0 bridgehead atoms. The number of rotatable bonds is 7. The number of carbonyl (C=O) groups is 1. The number of nitrogens with two attached hydrogens (primary N) is 1. The molecule has 3 rings (SSSR count). The van der Waals surface area contributed by atoms with Gasteiger partial charge in [-0.2, -0.15) is 4.98 Å². The maximum atomic E-state index is 12.1. The van der Waals surface area contributed by atoms with Gasteiger partial charge in [0.25, 0.3) is 0 Å². The Morgan fingerprint density at radius 2 is 2.17 bits per heavy atom. The van der Waals surface area contributed by atoms with Crippen LogP contribution in [-0.2, 0) is 14.8 Å². The van der Waals surface area contributed by atoms with Crippen LogP contribution in [0.2, 0.25) is 0 Å². The predicted molar refractivity (Wildman–Crippen MR) is 80.5 cm³/mol. The number of sulfonamides is 1. The zero-order valence-electron chi connectivity index (χ0n) is 12.7. The molecule has 2 heterocycles. The average Bonchev–Trinajstić information content (AvgIpc) is 3.25. The quantitative estimate of drug-likeness (QED) is 0.627. The first kappa shape index (κ1) is 16.3. The van der Waals surface area contributed by atoms with Crippen LogP contribution in [0, 0.1) is 0 Å². The Morgan fingerprint density at radius 3 is 2.78 bits per heavy atom. The second-order valence-electron chi connectivity index (χ2n) is 6.08. The molecule has 1 saturated heterocycles. The number of carbonyl (C=O) groups excluding carboxylic acids is 1. The molecule has 0 aromatic carbocycles. The van der Waals surface area contributed by atoms with Crippen LogP contribution in [0.1, 0.15) is 62.3 Å². The van der Waals surface area contributed by atoms with E-state index in [4.69, 9.17) is 10.3 Å². The molecule has 4 N–H and O–H groups in total. The lowest BCUT2D eigenvalue weighted by atomic mass is 10.0. The van der Waals surface area contributed by atoms with Gasteiger partial charge < -0.3 is 15.6 Å². The van der Waals surface area contributed by atoms with E-state index in [2.05, 4.69) is 20.2 Å². The fraction of sp³-hybridized carbons (Fsp3) is 0.769. The van der Waals surface area contributed by atoms with Crippen LogP contribution in [0.5, 0.6) is 0 Å². The van der Waals surface area contributed by atoms with E-state index < -0.39 is 27.2 Å². The van der Waals surface area contributed by atoms with Gasteiger partial charge >= 0.3 is 0 Å². The maximum absolute atomic E-state index is 12.1. The molecule has 10 heteroatoms. The highest BCUT2D eigenvalue weighted by atomic mass is 32.2. The Hall–Kier alpha value is -1.52. The van der Waals surface area contributed by atoms with Crippen molar-refractivity contribution >= 4 is 15.9 Å². The largest absolute Gasteiger partial charge is 0.370 e. The number of aromatic nitrogens is 2. The van der Waals surface area contributed by atoms with Gasteiger partial charge in [-0.25, -0.2) is 13.1 Å². The number of nitrogens with zero attached hydrogens (tertiary/aromatic N) is 2. The SMILES string of the molecule is NC(=O)C[C@H](NS(=O)(=O)C1CC1)c1nc([C@H]2CCCCN2)no1. The molecule has 0 spiro atoms. The van der Waals surface area contributed by atoms with Crippen LogP contribution in [-0.4, -0.2) is 36.3 Å². The molecule has 1 aromatic heterocycles. The number of piperidine rings is 1. The third-order valence-electron chi connectivity index (χ3n) is 4.05. The molecule has 1 amide bonds. The highest BCUT2D eigenvalue weighted by molar-refractivity contribution is 7.90.